The normalized spacial score (nSPS) is 10.9. The SMILES string of the molecule is Cc1cccc(-c2ccc(C(C)C)cc2C)c1. The van der Waals surface area contributed by atoms with Crippen molar-refractivity contribution in [2.75, 3.05) is 0 Å². The van der Waals surface area contributed by atoms with Gasteiger partial charge in [-0.05, 0) is 42.0 Å². The Morgan fingerprint density at radius 2 is 1.65 bits per heavy atom. The summed E-state index contributed by atoms with van der Waals surface area (Å²) in [4.78, 5) is 0. The maximum absolute atomic E-state index is 2.31. The third kappa shape index (κ3) is 2.58. The second-order valence-corrected chi connectivity index (χ2v) is 5.10. The van der Waals surface area contributed by atoms with E-state index in [0.29, 0.717) is 5.92 Å². The lowest BCUT2D eigenvalue weighted by Crippen LogP contribution is -1.90. The summed E-state index contributed by atoms with van der Waals surface area (Å²) in [6.45, 7) is 8.81. The van der Waals surface area contributed by atoms with Crippen molar-refractivity contribution in [2.24, 2.45) is 0 Å². The quantitative estimate of drug-likeness (QED) is 0.666. The van der Waals surface area contributed by atoms with Crippen molar-refractivity contribution in [3.8, 4) is 11.1 Å². The molecule has 0 saturated heterocycles. The van der Waals surface area contributed by atoms with Crippen LogP contribution in [-0.4, -0.2) is 0 Å². The maximum atomic E-state index is 2.31. The molecule has 0 unspecified atom stereocenters. The Labute approximate surface area is 104 Å². The van der Waals surface area contributed by atoms with Crippen LogP contribution in [0.2, 0.25) is 0 Å². The van der Waals surface area contributed by atoms with Gasteiger partial charge >= 0.3 is 0 Å². The zero-order valence-corrected chi connectivity index (χ0v) is 11.1. The molecule has 0 aliphatic heterocycles. The lowest BCUT2D eigenvalue weighted by Gasteiger charge is -2.11. The highest BCUT2D eigenvalue weighted by atomic mass is 14.1. The molecule has 0 fully saturated rings. The van der Waals surface area contributed by atoms with E-state index in [4.69, 9.17) is 0 Å². The summed E-state index contributed by atoms with van der Waals surface area (Å²) < 4.78 is 0. The van der Waals surface area contributed by atoms with E-state index < -0.39 is 0 Å². The van der Waals surface area contributed by atoms with Gasteiger partial charge in [0.2, 0.25) is 0 Å². The molecule has 0 aliphatic carbocycles. The Morgan fingerprint density at radius 3 is 2.24 bits per heavy atom. The van der Waals surface area contributed by atoms with E-state index in [1.54, 1.807) is 0 Å². The van der Waals surface area contributed by atoms with Crippen LogP contribution < -0.4 is 0 Å². The van der Waals surface area contributed by atoms with Crippen LogP contribution in [0.4, 0.5) is 0 Å². The molecule has 0 N–H and O–H groups in total. The number of hydrogen-bond donors (Lipinski definition) is 0. The van der Waals surface area contributed by atoms with E-state index in [1.807, 2.05) is 0 Å². The van der Waals surface area contributed by atoms with E-state index in [0.717, 1.165) is 0 Å². The second-order valence-electron chi connectivity index (χ2n) is 5.10. The fourth-order valence-corrected chi connectivity index (χ4v) is 2.18. The molecule has 0 amide bonds. The van der Waals surface area contributed by atoms with E-state index in [2.05, 4.69) is 70.2 Å². The molecule has 2 rings (SSSR count). The first-order chi connectivity index (χ1) is 8.08. The monoisotopic (exact) mass is 224 g/mol. The van der Waals surface area contributed by atoms with Crippen molar-refractivity contribution >= 4 is 0 Å². The number of hydrogen-bond acceptors (Lipinski definition) is 0. The smallest absolute Gasteiger partial charge is 0.0154 e. The van der Waals surface area contributed by atoms with Crippen molar-refractivity contribution in [3.05, 3.63) is 59.2 Å². The summed E-state index contributed by atoms with van der Waals surface area (Å²) in [6.07, 6.45) is 0. The number of benzene rings is 2. The van der Waals surface area contributed by atoms with Gasteiger partial charge < -0.3 is 0 Å². The average Bonchev–Trinajstić information content (AvgIpc) is 2.28. The molecular weight excluding hydrogens is 204 g/mol. The number of aryl methyl sites for hydroxylation is 2. The average molecular weight is 224 g/mol. The van der Waals surface area contributed by atoms with Gasteiger partial charge in [0.05, 0.1) is 0 Å². The highest BCUT2D eigenvalue weighted by Gasteiger charge is 2.05. The van der Waals surface area contributed by atoms with E-state index in [1.165, 1.54) is 27.8 Å². The predicted octanol–water partition coefficient (Wildman–Crippen LogP) is 5.09. The Bertz CT molecular complexity index is 521. The zero-order valence-electron chi connectivity index (χ0n) is 11.1. The second kappa shape index (κ2) is 4.75. The minimum absolute atomic E-state index is 0.597. The van der Waals surface area contributed by atoms with Gasteiger partial charge in [-0.2, -0.15) is 0 Å². The first kappa shape index (κ1) is 11.9. The van der Waals surface area contributed by atoms with Crippen molar-refractivity contribution in [1.29, 1.82) is 0 Å². The number of rotatable bonds is 2. The van der Waals surface area contributed by atoms with Gasteiger partial charge in [-0.25, -0.2) is 0 Å². The maximum Gasteiger partial charge on any atom is -0.0154 e. The van der Waals surface area contributed by atoms with Gasteiger partial charge in [0.25, 0.3) is 0 Å². The molecule has 0 saturated carbocycles. The van der Waals surface area contributed by atoms with Crippen LogP contribution in [0, 0.1) is 13.8 Å². The van der Waals surface area contributed by atoms with Crippen LogP contribution in [0.15, 0.2) is 42.5 Å². The fraction of sp³-hybridized carbons (Fsp3) is 0.294. The molecule has 0 spiro atoms. The molecule has 0 aromatic heterocycles. The van der Waals surface area contributed by atoms with Crippen molar-refractivity contribution in [1.82, 2.24) is 0 Å². The minimum Gasteiger partial charge on any atom is -0.0614 e. The van der Waals surface area contributed by atoms with Gasteiger partial charge in [0, 0.05) is 0 Å². The zero-order chi connectivity index (χ0) is 12.4. The molecule has 0 aliphatic rings. The lowest BCUT2D eigenvalue weighted by atomic mass is 9.94. The molecule has 0 radical (unpaired) electrons. The van der Waals surface area contributed by atoms with Crippen LogP contribution in [0.1, 0.15) is 36.5 Å². The van der Waals surface area contributed by atoms with Crippen LogP contribution in [0.3, 0.4) is 0 Å². The molecule has 0 atom stereocenters. The van der Waals surface area contributed by atoms with Gasteiger partial charge in [-0.3, -0.25) is 0 Å². The van der Waals surface area contributed by atoms with E-state index in [9.17, 15) is 0 Å². The first-order valence-electron chi connectivity index (χ1n) is 6.25. The molecule has 0 heterocycles. The fourth-order valence-electron chi connectivity index (χ4n) is 2.18. The summed E-state index contributed by atoms with van der Waals surface area (Å²) in [6, 6.07) is 15.5. The predicted molar refractivity (Wildman–Crippen MR) is 75.4 cm³/mol. The Morgan fingerprint density at radius 1 is 0.882 bits per heavy atom. The van der Waals surface area contributed by atoms with Gasteiger partial charge in [-0.15, -0.1) is 0 Å². The highest BCUT2D eigenvalue weighted by molar-refractivity contribution is 5.68. The minimum atomic E-state index is 0.597. The van der Waals surface area contributed by atoms with E-state index in [-0.39, 0.29) is 0 Å². The lowest BCUT2D eigenvalue weighted by molar-refractivity contribution is 0.865. The molecular formula is C17H20. The molecule has 0 heteroatoms. The van der Waals surface area contributed by atoms with E-state index >= 15 is 0 Å². The summed E-state index contributed by atoms with van der Waals surface area (Å²) in [5.41, 5.74) is 6.76. The van der Waals surface area contributed by atoms with Gasteiger partial charge in [-0.1, -0.05) is 61.9 Å². The Kier molecular flexibility index (Phi) is 3.33. The molecule has 17 heavy (non-hydrogen) atoms. The summed E-state index contributed by atoms with van der Waals surface area (Å²) >= 11 is 0. The van der Waals surface area contributed by atoms with Crippen molar-refractivity contribution in [3.63, 3.8) is 0 Å². The van der Waals surface area contributed by atoms with Crippen molar-refractivity contribution < 1.29 is 0 Å². The standard InChI is InChI=1S/C17H20/c1-12(2)15-8-9-17(14(4)11-15)16-7-5-6-13(3)10-16/h5-12H,1-4H3. The van der Waals surface area contributed by atoms with Crippen LogP contribution in [0.5, 0.6) is 0 Å². The molecule has 2 aromatic carbocycles. The Hall–Kier alpha value is -1.56. The van der Waals surface area contributed by atoms with Gasteiger partial charge in [0.15, 0.2) is 0 Å². The molecule has 0 nitrogen and oxygen atoms in total. The van der Waals surface area contributed by atoms with Crippen molar-refractivity contribution in [2.45, 2.75) is 33.6 Å². The Balaban J connectivity index is 2.47. The largest absolute Gasteiger partial charge is 0.0614 e. The van der Waals surface area contributed by atoms with Gasteiger partial charge in [0.1, 0.15) is 0 Å². The topological polar surface area (TPSA) is 0 Å². The summed E-state index contributed by atoms with van der Waals surface area (Å²) in [5, 5.41) is 0. The van der Waals surface area contributed by atoms with Crippen LogP contribution in [-0.2, 0) is 0 Å². The first-order valence-corrected chi connectivity index (χ1v) is 6.25. The summed E-state index contributed by atoms with van der Waals surface area (Å²) in [7, 11) is 0. The molecule has 88 valence electrons. The third-order valence-corrected chi connectivity index (χ3v) is 3.25. The highest BCUT2D eigenvalue weighted by Crippen LogP contribution is 2.27. The molecule has 0 bridgehead atoms. The summed E-state index contributed by atoms with van der Waals surface area (Å²) in [5.74, 6) is 0.597. The third-order valence-electron chi connectivity index (χ3n) is 3.25. The van der Waals surface area contributed by atoms with Crippen LogP contribution >= 0.6 is 0 Å². The van der Waals surface area contributed by atoms with Crippen LogP contribution in [0.25, 0.3) is 11.1 Å². The molecule has 2 aromatic rings.